The maximum absolute atomic E-state index is 12.7. The number of hydrogen-bond donors (Lipinski definition) is 0. The number of nitrogens with zero attached hydrogens (tertiary/aromatic N) is 2. The van der Waals surface area contributed by atoms with Gasteiger partial charge in [-0.2, -0.15) is 13.2 Å². The van der Waals surface area contributed by atoms with E-state index in [0.29, 0.717) is 5.82 Å². The molecule has 0 aliphatic carbocycles. The highest BCUT2D eigenvalue weighted by Crippen LogP contribution is 2.28. The number of alkyl halides is 3. The predicted molar refractivity (Wildman–Crippen MR) is 92.9 cm³/mol. The van der Waals surface area contributed by atoms with E-state index in [1.165, 1.54) is 6.07 Å². The Morgan fingerprint density at radius 2 is 1.42 bits per heavy atom. The number of pyridine rings is 2. The van der Waals surface area contributed by atoms with E-state index in [4.69, 9.17) is 0 Å². The maximum Gasteiger partial charge on any atom is 0.419 e. The van der Waals surface area contributed by atoms with Crippen LogP contribution in [0.25, 0.3) is 10.9 Å². The second-order valence-electron chi connectivity index (χ2n) is 6.37. The SMILES string of the molecule is FC(F)(F)c1ccc(N2CCN(c3ccc4ccccc4[nH+]3)CC2)[nH+]c1. The lowest BCUT2D eigenvalue weighted by atomic mass is 10.2. The molecule has 0 unspecified atom stereocenters. The Hall–Kier alpha value is -2.83. The minimum atomic E-state index is -4.32. The average molecular weight is 360 g/mol. The van der Waals surface area contributed by atoms with Gasteiger partial charge in [0.25, 0.3) is 11.6 Å². The highest BCUT2D eigenvalue weighted by molar-refractivity contribution is 5.76. The van der Waals surface area contributed by atoms with Crippen LogP contribution in [-0.4, -0.2) is 26.2 Å². The molecule has 0 saturated carbocycles. The van der Waals surface area contributed by atoms with Gasteiger partial charge in [-0.1, -0.05) is 18.2 Å². The molecule has 0 bridgehead atoms. The van der Waals surface area contributed by atoms with Gasteiger partial charge in [0.1, 0.15) is 37.9 Å². The van der Waals surface area contributed by atoms with Crippen LogP contribution in [0.4, 0.5) is 24.8 Å². The number of piperazine rings is 1. The normalized spacial score (nSPS) is 15.5. The summed E-state index contributed by atoms with van der Waals surface area (Å²) in [6.07, 6.45) is -3.29. The third kappa shape index (κ3) is 3.29. The van der Waals surface area contributed by atoms with Crippen LogP contribution in [0.2, 0.25) is 0 Å². The van der Waals surface area contributed by atoms with Crippen molar-refractivity contribution in [2.45, 2.75) is 6.18 Å². The first-order chi connectivity index (χ1) is 12.5. The average Bonchev–Trinajstić information content (AvgIpc) is 2.67. The Morgan fingerprint density at radius 3 is 2.08 bits per heavy atom. The van der Waals surface area contributed by atoms with E-state index in [1.807, 2.05) is 18.2 Å². The van der Waals surface area contributed by atoms with Crippen molar-refractivity contribution in [2.24, 2.45) is 0 Å². The number of fused-ring (bicyclic) bond motifs is 1. The van der Waals surface area contributed by atoms with Crippen LogP contribution in [0.5, 0.6) is 0 Å². The summed E-state index contributed by atoms with van der Waals surface area (Å²) in [5, 5.41) is 1.16. The number of H-pyrrole nitrogens is 2. The number of aromatic amines is 2. The molecule has 26 heavy (non-hydrogen) atoms. The van der Waals surface area contributed by atoms with Gasteiger partial charge in [-0.25, -0.2) is 9.97 Å². The summed E-state index contributed by atoms with van der Waals surface area (Å²) in [4.78, 5) is 10.5. The van der Waals surface area contributed by atoms with Crippen molar-refractivity contribution in [3.05, 3.63) is 60.3 Å². The van der Waals surface area contributed by atoms with Gasteiger partial charge >= 0.3 is 6.18 Å². The molecule has 0 spiro atoms. The Kier molecular flexibility index (Phi) is 4.14. The second-order valence-corrected chi connectivity index (χ2v) is 6.37. The van der Waals surface area contributed by atoms with Crippen molar-refractivity contribution in [1.29, 1.82) is 0 Å². The van der Waals surface area contributed by atoms with E-state index < -0.39 is 11.7 Å². The molecule has 1 saturated heterocycles. The Bertz CT molecular complexity index is 901. The highest BCUT2D eigenvalue weighted by Gasteiger charge is 2.33. The van der Waals surface area contributed by atoms with Gasteiger partial charge in [-0.05, 0) is 18.2 Å². The summed E-state index contributed by atoms with van der Waals surface area (Å²) in [6.45, 7) is 3.07. The molecule has 4 rings (SSSR count). The van der Waals surface area contributed by atoms with Gasteiger partial charge in [0.05, 0.1) is 5.56 Å². The number of aromatic nitrogens is 2. The fourth-order valence-corrected chi connectivity index (χ4v) is 3.27. The molecule has 0 amide bonds. The summed E-state index contributed by atoms with van der Waals surface area (Å²) in [6, 6.07) is 14.9. The molecule has 1 fully saturated rings. The fraction of sp³-hybridized carbons (Fsp3) is 0.263. The quantitative estimate of drug-likeness (QED) is 0.704. The molecular formula is C19H19F3N4+2. The van der Waals surface area contributed by atoms with Crippen LogP contribution >= 0.6 is 0 Å². The summed E-state index contributed by atoms with van der Waals surface area (Å²) in [7, 11) is 0. The second kappa shape index (κ2) is 6.48. The molecule has 1 aliphatic heterocycles. The number of nitrogens with one attached hydrogen (secondary N) is 2. The summed E-state index contributed by atoms with van der Waals surface area (Å²) < 4.78 is 38.0. The highest BCUT2D eigenvalue weighted by atomic mass is 19.4. The van der Waals surface area contributed by atoms with E-state index in [0.717, 1.165) is 55.2 Å². The van der Waals surface area contributed by atoms with Gasteiger partial charge in [0.2, 0.25) is 0 Å². The van der Waals surface area contributed by atoms with Crippen molar-refractivity contribution in [2.75, 3.05) is 36.0 Å². The molecule has 1 aliphatic rings. The smallest absolute Gasteiger partial charge is 0.254 e. The lowest BCUT2D eigenvalue weighted by Gasteiger charge is -2.26. The molecule has 2 aromatic heterocycles. The molecule has 0 radical (unpaired) electrons. The first-order valence-corrected chi connectivity index (χ1v) is 8.51. The minimum Gasteiger partial charge on any atom is -0.254 e. The molecule has 7 heteroatoms. The van der Waals surface area contributed by atoms with E-state index >= 15 is 0 Å². The molecule has 2 N–H and O–H groups in total. The maximum atomic E-state index is 12.7. The van der Waals surface area contributed by atoms with Gasteiger partial charge in [-0.3, -0.25) is 9.80 Å². The molecule has 134 valence electrons. The zero-order valence-corrected chi connectivity index (χ0v) is 14.1. The third-order valence-electron chi connectivity index (χ3n) is 4.73. The van der Waals surface area contributed by atoms with Crippen LogP contribution in [0.1, 0.15) is 5.56 Å². The lowest BCUT2D eigenvalue weighted by molar-refractivity contribution is -0.367. The molecular weight excluding hydrogens is 341 g/mol. The Morgan fingerprint density at radius 1 is 0.769 bits per heavy atom. The number of rotatable bonds is 2. The van der Waals surface area contributed by atoms with Gasteiger partial charge in [0, 0.05) is 17.5 Å². The van der Waals surface area contributed by atoms with Crippen molar-refractivity contribution < 1.29 is 23.1 Å². The molecule has 1 aromatic carbocycles. The first kappa shape index (κ1) is 16.6. The zero-order chi connectivity index (χ0) is 18.1. The zero-order valence-electron chi connectivity index (χ0n) is 14.1. The fourth-order valence-electron chi connectivity index (χ4n) is 3.27. The van der Waals surface area contributed by atoms with Crippen molar-refractivity contribution >= 4 is 22.5 Å². The van der Waals surface area contributed by atoms with E-state index in [2.05, 4.69) is 38.0 Å². The first-order valence-electron chi connectivity index (χ1n) is 8.51. The Labute approximate surface area is 148 Å². The van der Waals surface area contributed by atoms with E-state index in [1.54, 1.807) is 0 Å². The number of halogens is 3. The number of anilines is 2. The number of para-hydroxylation sites is 1. The van der Waals surface area contributed by atoms with Crippen LogP contribution in [0.15, 0.2) is 54.7 Å². The Balaban J connectivity index is 1.45. The summed E-state index contributed by atoms with van der Waals surface area (Å²) >= 11 is 0. The van der Waals surface area contributed by atoms with E-state index in [-0.39, 0.29) is 0 Å². The van der Waals surface area contributed by atoms with Crippen LogP contribution < -0.4 is 19.8 Å². The topological polar surface area (TPSA) is 34.8 Å². The standard InChI is InChI=1S/C19H17F3N4/c20-19(21,22)15-6-8-17(23-13-15)25-9-11-26(12-10-25)18-7-5-14-3-1-2-4-16(14)24-18/h1-8,13H,9-12H2/p+2. The minimum absolute atomic E-state index is 0.661. The summed E-state index contributed by atoms with van der Waals surface area (Å²) in [5.41, 5.74) is 0.425. The van der Waals surface area contributed by atoms with Gasteiger partial charge in [-0.15, -0.1) is 0 Å². The summed E-state index contributed by atoms with van der Waals surface area (Å²) in [5.74, 6) is 1.76. The number of hydrogen-bond acceptors (Lipinski definition) is 2. The van der Waals surface area contributed by atoms with Crippen LogP contribution in [0, 0.1) is 0 Å². The van der Waals surface area contributed by atoms with Gasteiger partial charge in [0.15, 0.2) is 0 Å². The lowest BCUT2D eigenvalue weighted by Crippen LogP contribution is -2.49. The van der Waals surface area contributed by atoms with E-state index in [9.17, 15) is 13.2 Å². The van der Waals surface area contributed by atoms with Crippen LogP contribution in [-0.2, 0) is 6.18 Å². The number of benzene rings is 1. The molecule has 0 atom stereocenters. The molecule has 3 heterocycles. The third-order valence-corrected chi connectivity index (χ3v) is 4.73. The molecule has 4 nitrogen and oxygen atoms in total. The van der Waals surface area contributed by atoms with Crippen molar-refractivity contribution in [3.8, 4) is 0 Å². The monoisotopic (exact) mass is 360 g/mol. The van der Waals surface area contributed by atoms with Gasteiger partial charge < -0.3 is 0 Å². The van der Waals surface area contributed by atoms with Crippen molar-refractivity contribution in [1.82, 2.24) is 0 Å². The largest absolute Gasteiger partial charge is 0.419 e. The van der Waals surface area contributed by atoms with Crippen LogP contribution in [0.3, 0.4) is 0 Å². The van der Waals surface area contributed by atoms with Crippen molar-refractivity contribution in [3.63, 3.8) is 0 Å². The molecule has 3 aromatic rings. The predicted octanol–water partition coefficient (Wildman–Crippen LogP) is 2.81.